The van der Waals surface area contributed by atoms with E-state index in [0.29, 0.717) is 29.7 Å². The number of esters is 1. The Kier molecular flexibility index (Phi) is 9.45. The monoisotopic (exact) mass is 526 g/mol. The summed E-state index contributed by atoms with van der Waals surface area (Å²) in [6.45, 7) is 4.37. The Hall–Kier alpha value is -3.32. The molecule has 1 saturated heterocycles. The molecule has 3 aromatic rings. The first-order valence-electron chi connectivity index (χ1n) is 13.3. The molecular weight excluding hydrogens is 493 g/mol. The highest BCUT2D eigenvalue weighted by molar-refractivity contribution is 5.76. The Morgan fingerprint density at radius 3 is 2.24 bits per heavy atom. The first kappa shape index (κ1) is 27.7. The van der Waals surface area contributed by atoms with E-state index < -0.39 is 29.3 Å². The average molecular weight is 527 g/mol. The lowest BCUT2D eigenvalue weighted by Crippen LogP contribution is -2.33. The van der Waals surface area contributed by atoms with Gasteiger partial charge in [0.2, 0.25) is 5.82 Å². The lowest BCUT2D eigenvalue weighted by molar-refractivity contribution is -0.145. The molecule has 0 bridgehead atoms. The maximum Gasteiger partial charge on any atom is 0.316 e. The predicted octanol–water partition coefficient (Wildman–Crippen LogP) is 8.12. The number of hydrogen-bond acceptors (Lipinski definition) is 4. The van der Waals surface area contributed by atoms with E-state index in [1.807, 2.05) is 0 Å². The van der Waals surface area contributed by atoms with Crippen molar-refractivity contribution in [1.29, 1.82) is 0 Å². The number of halogens is 3. The van der Waals surface area contributed by atoms with E-state index in [2.05, 4.69) is 6.92 Å². The highest BCUT2D eigenvalue weighted by Gasteiger charge is 2.29. The smallest absolute Gasteiger partial charge is 0.316 e. The van der Waals surface area contributed by atoms with Crippen LogP contribution < -0.4 is 9.47 Å². The van der Waals surface area contributed by atoms with Gasteiger partial charge in [-0.05, 0) is 67.1 Å². The molecule has 0 aliphatic carbocycles. The molecule has 3 aromatic carbocycles. The molecule has 7 heteroatoms. The van der Waals surface area contributed by atoms with E-state index in [4.69, 9.17) is 14.2 Å². The molecule has 1 aliphatic heterocycles. The van der Waals surface area contributed by atoms with Crippen LogP contribution in [0.5, 0.6) is 11.5 Å². The molecule has 0 spiro atoms. The number of rotatable bonds is 10. The number of carbonyl (C=O) groups is 1. The van der Waals surface area contributed by atoms with E-state index in [1.165, 1.54) is 30.7 Å². The van der Waals surface area contributed by atoms with Gasteiger partial charge in [0.05, 0.1) is 25.2 Å². The molecule has 4 rings (SSSR count). The topological polar surface area (TPSA) is 44.8 Å². The van der Waals surface area contributed by atoms with Gasteiger partial charge in [-0.2, -0.15) is 4.39 Å². The molecule has 0 saturated carbocycles. The molecule has 4 nitrogen and oxygen atoms in total. The molecule has 2 unspecified atom stereocenters. The summed E-state index contributed by atoms with van der Waals surface area (Å²) in [5.41, 5.74) is 1.81. The second-order valence-corrected chi connectivity index (χ2v) is 9.54. The van der Waals surface area contributed by atoms with Crippen LogP contribution in [0.4, 0.5) is 13.2 Å². The number of benzene rings is 3. The minimum atomic E-state index is -1.03. The van der Waals surface area contributed by atoms with E-state index in [1.54, 1.807) is 37.3 Å². The molecule has 1 aliphatic rings. The van der Waals surface area contributed by atoms with Gasteiger partial charge in [-0.3, -0.25) is 4.79 Å². The van der Waals surface area contributed by atoms with Crippen LogP contribution in [-0.2, 0) is 9.53 Å². The third-order valence-electron chi connectivity index (χ3n) is 6.85. The molecule has 0 radical (unpaired) electrons. The fraction of sp³-hybridized carbons (Fsp3) is 0.387. The maximum atomic E-state index is 14.8. The van der Waals surface area contributed by atoms with E-state index in [-0.39, 0.29) is 29.8 Å². The average Bonchev–Trinajstić information content (AvgIpc) is 2.93. The van der Waals surface area contributed by atoms with Crippen LogP contribution in [0.2, 0.25) is 0 Å². The Labute approximate surface area is 221 Å². The first-order valence-corrected chi connectivity index (χ1v) is 13.3. The molecule has 2 atom stereocenters. The van der Waals surface area contributed by atoms with Gasteiger partial charge in [0.1, 0.15) is 0 Å². The van der Waals surface area contributed by atoms with Crippen LogP contribution in [0.3, 0.4) is 0 Å². The van der Waals surface area contributed by atoms with Crippen molar-refractivity contribution in [2.75, 3.05) is 13.2 Å². The minimum absolute atomic E-state index is 0.102. The molecule has 1 heterocycles. The van der Waals surface area contributed by atoms with Crippen LogP contribution in [0.1, 0.15) is 52.4 Å². The van der Waals surface area contributed by atoms with Crippen LogP contribution in [0, 0.1) is 23.4 Å². The summed E-state index contributed by atoms with van der Waals surface area (Å²) in [5, 5.41) is 0. The Balaban J connectivity index is 1.38. The standard InChI is InChI=1S/C31H33F3O4/c1-3-5-6-7-24-14-12-23(19-37-24)31(35)38-27-16-13-22(18-26(27)32)20-8-10-21(11-9-20)25-15-17-28(36-4-2)30(34)29(25)33/h8-11,13,15-18,23-24H,3-7,12,14,19H2,1-2H3. The van der Waals surface area contributed by atoms with Gasteiger partial charge < -0.3 is 14.2 Å². The fourth-order valence-corrected chi connectivity index (χ4v) is 4.66. The van der Waals surface area contributed by atoms with Crippen molar-refractivity contribution in [2.24, 2.45) is 5.92 Å². The second kappa shape index (κ2) is 13.0. The number of carbonyl (C=O) groups excluding carboxylic acids is 1. The van der Waals surface area contributed by atoms with Crippen molar-refractivity contribution in [3.05, 3.63) is 72.0 Å². The van der Waals surface area contributed by atoms with Crippen LogP contribution in [0.15, 0.2) is 54.6 Å². The summed E-state index contributed by atoms with van der Waals surface area (Å²) in [5.74, 6) is -3.84. The first-order chi connectivity index (χ1) is 18.4. The van der Waals surface area contributed by atoms with Gasteiger partial charge in [0, 0.05) is 5.56 Å². The van der Waals surface area contributed by atoms with Crippen molar-refractivity contribution < 1.29 is 32.2 Å². The van der Waals surface area contributed by atoms with Gasteiger partial charge in [-0.25, -0.2) is 8.78 Å². The quantitative estimate of drug-likeness (QED) is 0.152. The van der Waals surface area contributed by atoms with Crippen molar-refractivity contribution in [3.8, 4) is 33.8 Å². The van der Waals surface area contributed by atoms with Crippen molar-refractivity contribution in [3.63, 3.8) is 0 Å². The highest BCUT2D eigenvalue weighted by atomic mass is 19.2. The summed E-state index contributed by atoms with van der Waals surface area (Å²) in [4.78, 5) is 12.6. The molecule has 38 heavy (non-hydrogen) atoms. The molecule has 202 valence electrons. The SMILES string of the molecule is CCCCCC1CCC(C(=O)Oc2ccc(-c3ccc(-c4ccc(OCC)c(F)c4F)cc3)cc2F)CO1. The van der Waals surface area contributed by atoms with E-state index in [0.717, 1.165) is 25.7 Å². The zero-order valence-corrected chi connectivity index (χ0v) is 21.8. The van der Waals surface area contributed by atoms with Gasteiger partial charge >= 0.3 is 5.97 Å². The Bertz CT molecular complexity index is 1230. The van der Waals surface area contributed by atoms with Crippen molar-refractivity contribution in [1.82, 2.24) is 0 Å². The third-order valence-corrected chi connectivity index (χ3v) is 6.85. The zero-order valence-electron chi connectivity index (χ0n) is 21.8. The second-order valence-electron chi connectivity index (χ2n) is 9.54. The number of unbranched alkanes of at least 4 members (excludes halogenated alkanes) is 2. The Morgan fingerprint density at radius 1 is 0.868 bits per heavy atom. The van der Waals surface area contributed by atoms with Crippen LogP contribution >= 0.6 is 0 Å². The van der Waals surface area contributed by atoms with Gasteiger partial charge in [0.25, 0.3) is 0 Å². The maximum absolute atomic E-state index is 14.8. The molecule has 0 N–H and O–H groups in total. The number of ether oxygens (including phenoxy) is 3. The predicted molar refractivity (Wildman–Crippen MR) is 141 cm³/mol. The molecular formula is C31H33F3O4. The summed E-state index contributed by atoms with van der Waals surface area (Å²) in [6, 6.07) is 13.9. The van der Waals surface area contributed by atoms with Gasteiger partial charge in [0.15, 0.2) is 23.1 Å². The van der Waals surface area contributed by atoms with Gasteiger partial charge in [-0.1, -0.05) is 56.5 Å². The minimum Gasteiger partial charge on any atom is -0.491 e. The summed E-state index contributed by atoms with van der Waals surface area (Å²) in [7, 11) is 0. The van der Waals surface area contributed by atoms with Gasteiger partial charge in [-0.15, -0.1) is 0 Å². The van der Waals surface area contributed by atoms with E-state index >= 15 is 0 Å². The number of hydrogen-bond donors (Lipinski definition) is 0. The molecule has 0 amide bonds. The lowest BCUT2D eigenvalue weighted by atomic mass is 9.96. The third kappa shape index (κ3) is 6.57. The van der Waals surface area contributed by atoms with Crippen LogP contribution in [0.25, 0.3) is 22.3 Å². The summed E-state index contributed by atoms with van der Waals surface area (Å²) in [6.07, 6.45) is 6.09. The largest absolute Gasteiger partial charge is 0.491 e. The van der Waals surface area contributed by atoms with Crippen molar-refractivity contribution in [2.45, 2.75) is 58.5 Å². The Morgan fingerprint density at radius 2 is 1.58 bits per heavy atom. The fourth-order valence-electron chi connectivity index (χ4n) is 4.66. The van der Waals surface area contributed by atoms with E-state index in [9.17, 15) is 18.0 Å². The summed E-state index contributed by atoms with van der Waals surface area (Å²) < 4.78 is 59.9. The zero-order chi connectivity index (χ0) is 27.1. The normalized spacial score (nSPS) is 17.3. The molecule has 0 aromatic heterocycles. The summed E-state index contributed by atoms with van der Waals surface area (Å²) >= 11 is 0. The van der Waals surface area contributed by atoms with Crippen molar-refractivity contribution >= 4 is 5.97 Å². The highest BCUT2D eigenvalue weighted by Crippen LogP contribution is 2.33. The lowest BCUT2D eigenvalue weighted by Gasteiger charge is -2.27. The molecule has 1 fully saturated rings. The van der Waals surface area contributed by atoms with Crippen LogP contribution in [-0.4, -0.2) is 25.3 Å².